The largest absolute Gasteiger partial charge is 0.393 e. The van der Waals surface area contributed by atoms with E-state index in [0.717, 1.165) is 44.4 Å². The van der Waals surface area contributed by atoms with E-state index in [-0.39, 0.29) is 23.0 Å². The van der Waals surface area contributed by atoms with Crippen molar-refractivity contribution in [2.24, 2.45) is 34.5 Å². The molecule has 2 N–H and O–H groups in total. The Hall–Kier alpha value is -1.64. The van der Waals surface area contributed by atoms with Crippen LogP contribution in [0.4, 0.5) is 0 Å². The third-order valence-electron chi connectivity index (χ3n) is 9.68. The third-order valence-corrected chi connectivity index (χ3v) is 9.68. The molecule has 4 unspecified atom stereocenters. The Bertz CT molecular complexity index is 1010. The molecule has 2 heteroatoms. The summed E-state index contributed by atoms with van der Waals surface area (Å²) in [4.78, 5) is 0. The minimum atomic E-state index is -0.197. The van der Waals surface area contributed by atoms with Crippen molar-refractivity contribution in [2.45, 2.75) is 146 Å². The van der Waals surface area contributed by atoms with Gasteiger partial charge in [-0.15, -0.1) is 0 Å². The summed E-state index contributed by atoms with van der Waals surface area (Å²) in [5.41, 5.74) is 5.66. The third kappa shape index (κ3) is 12.5. The minimum absolute atomic E-state index is 0.0534. The van der Waals surface area contributed by atoms with Crippen LogP contribution in [0.5, 0.6) is 0 Å². The van der Waals surface area contributed by atoms with Gasteiger partial charge in [-0.05, 0) is 111 Å². The van der Waals surface area contributed by atoms with Crippen molar-refractivity contribution in [2.75, 3.05) is 0 Å². The molecule has 0 aromatic rings. The Balaban J connectivity index is 1.65. The van der Waals surface area contributed by atoms with Gasteiger partial charge in [-0.1, -0.05) is 128 Å². The lowest BCUT2D eigenvalue weighted by atomic mass is 9.71. The highest BCUT2D eigenvalue weighted by atomic mass is 16.3. The van der Waals surface area contributed by atoms with Gasteiger partial charge < -0.3 is 10.2 Å². The lowest BCUT2D eigenvalue weighted by molar-refractivity contribution is 0.116. The molecule has 42 heavy (non-hydrogen) atoms. The molecule has 0 spiro atoms. The molecule has 2 nitrogen and oxygen atoms in total. The van der Waals surface area contributed by atoms with Crippen molar-refractivity contribution < 1.29 is 10.2 Å². The average molecular weight is 579 g/mol. The molecule has 0 amide bonds. The molecule has 2 aliphatic carbocycles. The lowest BCUT2D eigenvalue weighted by Gasteiger charge is -2.36. The van der Waals surface area contributed by atoms with E-state index in [1.807, 2.05) is 0 Å². The van der Waals surface area contributed by atoms with Gasteiger partial charge >= 0.3 is 0 Å². The average Bonchev–Trinajstić information content (AvgIpc) is 2.84. The van der Waals surface area contributed by atoms with Gasteiger partial charge in [0.05, 0.1) is 12.2 Å². The first-order valence-corrected chi connectivity index (χ1v) is 17.0. The standard InChI is InChI=1S/C40H66O2/c1-29(17-13-19-31(3)21-23-37-33(5)25-35(41)27-39(37,7)8)15-11-12-16-30(2)18-14-20-32(4)22-24-38-34(6)26-36(42)28-40(38,9)10/h11-13,17,21-24,29-32,35-36,41-42H,14-16,18-20,25-28H2,1-10H3/b12-11+,17-13+,23-21+,24-22+/t29?,30?,31?,32?,35-,36+/m1/s1. The summed E-state index contributed by atoms with van der Waals surface area (Å²) in [5.74, 6) is 2.41. The summed E-state index contributed by atoms with van der Waals surface area (Å²) in [7, 11) is 0. The fourth-order valence-electron chi connectivity index (χ4n) is 7.21. The lowest BCUT2D eigenvalue weighted by Crippen LogP contribution is -2.28. The van der Waals surface area contributed by atoms with Crippen molar-refractivity contribution in [3.8, 4) is 0 Å². The van der Waals surface area contributed by atoms with E-state index in [1.54, 1.807) is 0 Å². The normalized spacial score (nSPS) is 26.2. The second kappa shape index (κ2) is 17.0. The van der Waals surface area contributed by atoms with Gasteiger partial charge in [-0.2, -0.15) is 0 Å². The van der Waals surface area contributed by atoms with E-state index >= 15 is 0 Å². The summed E-state index contributed by atoms with van der Waals surface area (Å²) < 4.78 is 0. The molecule has 0 aliphatic heterocycles. The number of aliphatic hydroxyl groups is 2. The molecule has 2 aliphatic rings. The Kier molecular flexibility index (Phi) is 14.8. The molecular formula is C40H66O2. The molecule has 0 saturated heterocycles. The molecular weight excluding hydrogens is 512 g/mol. The molecule has 0 heterocycles. The zero-order chi connectivity index (χ0) is 31.5. The summed E-state index contributed by atoms with van der Waals surface area (Å²) in [5, 5.41) is 20.3. The van der Waals surface area contributed by atoms with Gasteiger partial charge in [-0.3, -0.25) is 0 Å². The van der Waals surface area contributed by atoms with Gasteiger partial charge in [0.15, 0.2) is 0 Å². The van der Waals surface area contributed by atoms with Crippen molar-refractivity contribution in [3.63, 3.8) is 0 Å². The van der Waals surface area contributed by atoms with Crippen molar-refractivity contribution in [3.05, 3.63) is 70.9 Å². The second-order valence-corrected chi connectivity index (χ2v) is 15.6. The maximum absolute atomic E-state index is 10.1. The first-order chi connectivity index (χ1) is 19.6. The Morgan fingerprint density at radius 3 is 1.62 bits per heavy atom. The summed E-state index contributed by atoms with van der Waals surface area (Å²) in [6, 6.07) is 0. The van der Waals surface area contributed by atoms with Gasteiger partial charge in [0.1, 0.15) is 0 Å². The summed E-state index contributed by atoms with van der Waals surface area (Å²) >= 11 is 0. The molecule has 6 atom stereocenters. The molecule has 0 fully saturated rings. The fraction of sp³-hybridized carbons (Fsp3) is 0.700. The molecule has 238 valence electrons. The maximum atomic E-state index is 10.1. The van der Waals surface area contributed by atoms with Gasteiger partial charge in [0.2, 0.25) is 0 Å². The molecule has 0 saturated carbocycles. The topological polar surface area (TPSA) is 40.5 Å². The molecule has 0 radical (unpaired) electrons. The Morgan fingerprint density at radius 1 is 0.643 bits per heavy atom. The smallest absolute Gasteiger partial charge is 0.0585 e. The fourth-order valence-corrected chi connectivity index (χ4v) is 7.21. The summed E-state index contributed by atoms with van der Waals surface area (Å²) in [6.07, 6.45) is 29.1. The van der Waals surface area contributed by atoms with Crippen LogP contribution < -0.4 is 0 Å². The number of hydrogen-bond donors (Lipinski definition) is 2. The van der Waals surface area contributed by atoms with Crippen molar-refractivity contribution in [1.82, 2.24) is 0 Å². The number of allylic oxidation sites excluding steroid dienone is 10. The van der Waals surface area contributed by atoms with Crippen LogP contribution in [0, 0.1) is 34.5 Å². The predicted molar refractivity (Wildman–Crippen MR) is 184 cm³/mol. The quantitative estimate of drug-likeness (QED) is 0.190. The molecule has 0 aromatic carbocycles. The second-order valence-electron chi connectivity index (χ2n) is 15.6. The first kappa shape index (κ1) is 36.6. The Labute approximate surface area is 260 Å². The van der Waals surface area contributed by atoms with Crippen molar-refractivity contribution in [1.29, 1.82) is 0 Å². The number of rotatable bonds is 15. The summed E-state index contributed by atoms with van der Waals surface area (Å²) in [6.45, 7) is 22.7. The maximum Gasteiger partial charge on any atom is 0.0585 e. The van der Waals surface area contributed by atoms with Crippen molar-refractivity contribution >= 4 is 0 Å². The van der Waals surface area contributed by atoms with E-state index in [9.17, 15) is 10.2 Å². The number of hydrogen-bond acceptors (Lipinski definition) is 2. The predicted octanol–water partition coefficient (Wildman–Crippen LogP) is 11.1. The molecule has 2 rings (SSSR count). The van der Waals surface area contributed by atoms with Crippen LogP contribution in [-0.2, 0) is 0 Å². The number of aliphatic hydroxyl groups excluding tert-OH is 2. The van der Waals surface area contributed by atoms with E-state index in [0.29, 0.717) is 17.8 Å². The van der Waals surface area contributed by atoms with Crippen LogP contribution in [0.25, 0.3) is 0 Å². The first-order valence-electron chi connectivity index (χ1n) is 17.0. The highest BCUT2D eigenvalue weighted by Gasteiger charge is 2.32. The van der Waals surface area contributed by atoms with E-state index in [4.69, 9.17) is 0 Å². The van der Waals surface area contributed by atoms with Gasteiger partial charge in [0.25, 0.3) is 0 Å². The SMILES string of the molecule is CC1=C(/C=C/C(C)C/C=C/C(C)C/C=C/CC(C)CCCC(C)/C=C/C2=C(C)C[C@H](O)CC2(C)C)C(C)(C)C[C@H](O)C1. The van der Waals surface area contributed by atoms with E-state index in [2.05, 4.69) is 118 Å². The van der Waals surface area contributed by atoms with E-state index in [1.165, 1.54) is 48.0 Å². The monoisotopic (exact) mass is 579 g/mol. The zero-order valence-corrected chi connectivity index (χ0v) is 29.0. The minimum Gasteiger partial charge on any atom is -0.393 e. The van der Waals surface area contributed by atoms with Crippen LogP contribution in [0.3, 0.4) is 0 Å². The van der Waals surface area contributed by atoms with Crippen LogP contribution in [0.15, 0.2) is 70.9 Å². The van der Waals surface area contributed by atoms with Gasteiger partial charge in [0, 0.05) is 0 Å². The van der Waals surface area contributed by atoms with E-state index < -0.39 is 0 Å². The highest BCUT2D eigenvalue weighted by Crippen LogP contribution is 2.42. The van der Waals surface area contributed by atoms with Crippen LogP contribution in [-0.4, -0.2) is 22.4 Å². The van der Waals surface area contributed by atoms with Crippen LogP contribution in [0.2, 0.25) is 0 Å². The Morgan fingerprint density at radius 2 is 1.10 bits per heavy atom. The highest BCUT2D eigenvalue weighted by molar-refractivity contribution is 5.34. The molecule has 0 aromatic heterocycles. The van der Waals surface area contributed by atoms with Gasteiger partial charge in [-0.25, -0.2) is 0 Å². The molecule has 0 bridgehead atoms. The zero-order valence-electron chi connectivity index (χ0n) is 29.0. The van der Waals surface area contributed by atoms with Crippen LogP contribution in [0.1, 0.15) is 133 Å². The van der Waals surface area contributed by atoms with Crippen LogP contribution >= 0.6 is 0 Å².